The van der Waals surface area contributed by atoms with Crippen molar-refractivity contribution in [3.8, 4) is 0 Å². The molecule has 0 atom stereocenters. The Bertz CT molecular complexity index is 1020. The predicted molar refractivity (Wildman–Crippen MR) is 104 cm³/mol. The Labute approximate surface area is 162 Å². The quantitative estimate of drug-likeness (QED) is 0.753. The number of halogens is 1. The van der Waals surface area contributed by atoms with Crippen LogP contribution in [0.3, 0.4) is 0 Å². The Morgan fingerprint density at radius 2 is 1.79 bits per heavy atom. The van der Waals surface area contributed by atoms with Gasteiger partial charge in [-0.05, 0) is 43.2 Å². The van der Waals surface area contributed by atoms with Crippen LogP contribution in [0.1, 0.15) is 46.8 Å². The third kappa shape index (κ3) is 3.60. The summed E-state index contributed by atoms with van der Waals surface area (Å²) in [6, 6.07) is 11.0. The number of likely N-dealkylation sites (tertiary alicyclic amines) is 1. The molecule has 1 aliphatic heterocycles. The molecule has 0 aliphatic carbocycles. The van der Waals surface area contributed by atoms with E-state index < -0.39 is 11.7 Å². The lowest BCUT2D eigenvalue weighted by Gasteiger charge is -2.19. The molecule has 1 aliphatic rings. The average molecular weight is 380 g/mol. The number of benzene rings is 1. The topological polar surface area (TPSA) is 66.7 Å². The molecule has 0 spiro atoms. The van der Waals surface area contributed by atoms with Crippen molar-refractivity contribution in [1.82, 2.24) is 14.3 Å². The number of carbonyl (C=O) groups is 2. The molecule has 3 aromatic rings. The lowest BCUT2D eigenvalue weighted by Crippen LogP contribution is -2.32. The highest BCUT2D eigenvalue weighted by atomic mass is 19.1. The summed E-state index contributed by atoms with van der Waals surface area (Å²) in [5, 5.41) is 2.65. The zero-order valence-electron chi connectivity index (χ0n) is 15.4. The number of fused-ring (bicyclic) bond motifs is 1. The first-order valence-electron chi connectivity index (χ1n) is 9.47. The Morgan fingerprint density at radius 3 is 2.54 bits per heavy atom. The van der Waals surface area contributed by atoms with Gasteiger partial charge in [-0.25, -0.2) is 9.37 Å². The first-order chi connectivity index (χ1) is 13.6. The van der Waals surface area contributed by atoms with Crippen molar-refractivity contribution < 1.29 is 14.0 Å². The van der Waals surface area contributed by atoms with Crippen molar-refractivity contribution in [2.75, 3.05) is 18.4 Å². The van der Waals surface area contributed by atoms with Crippen LogP contribution in [0, 0.1) is 5.82 Å². The van der Waals surface area contributed by atoms with Gasteiger partial charge in [-0.15, -0.1) is 0 Å². The number of aromatic nitrogens is 2. The summed E-state index contributed by atoms with van der Waals surface area (Å²) in [5.41, 5.74) is 1.19. The fraction of sp³-hybridized carbons (Fsp3) is 0.286. The van der Waals surface area contributed by atoms with E-state index in [1.54, 1.807) is 28.8 Å². The maximum Gasteiger partial charge on any atom is 0.292 e. The van der Waals surface area contributed by atoms with Crippen molar-refractivity contribution in [2.24, 2.45) is 0 Å². The lowest BCUT2D eigenvalue weighted by molar-refractivity contribution is 0.0758. The molecule has 4 rings (SSSR count). The minimum Gasteiger partial charge on any atom is -0.337 e. The summed E-state index contributed by atoms with van der Waals surface area (Å²) in [5.74, 6) is -1.00. The van der Waals surface area contributed by atoms with Gasteiger partial charge in [0.1, 0.15) is 5.82 Å². The van der Waals surface area contributed by atoms with Crippen molar-refractivity contribution in [3.05, 3.63) is 66.0 Å². The molecule has 28 heavy (non-hydrogen) atoms. The van der Waals surface area contributed by atoms with Crippen molar-refractivity contribution in [1.29, 1.82) is 0 Å². The molecule has 1 aromatic carbocycles. The fourth-order valence-corrected chi connectivity index (χ4v) is 3.53. The molecule has 144 valence electrons. The van der Waals surface area contributed by atoms with Crippen molar-refractivity contribution in [2.45, 2.75) is 25.7 Å². The predicted octanol–water partition coefficient (Wildman–Crippen LogP) is 3.74. The number of hydrogen-bond acceptors (Lipinski definition) is 3. The van der Waals surface area contributed by atoms with Gasteiger partial charge in [-0.1, -0.05) is 25.0 Å². The number of hydrogen-bond donors (Lipinski definition) is 1. The highest BCUT2D eigenvalue weighted by Gasteiger charge is 2.25. The number of nitrogens with one attached hydrogen (secondary N) is 1. The van der Waals surface area contributed by atoms with Gasteiger partial charge in [0, 0.05) is 25.0 Å². The number of anilines is 1. The number of imidazole rings is 1. The molecule has 0 radical (unpaired) electrons. The average Bonchev–Trinajstić information content (AvgIpc) is 2.87. The number of pyridine rings is 1. The highest BCUT2D eigenvalue weighted by Crippen LogP contribution is 2.19. The van der Waals surface area contributed by atoms with Gasteiger partial charge in [0.15, 0.2) is 5.69 Å². The Morgan fingerprint density at radius 1 is 1.00 bits per heavy atom. The monoisotopic (exact) mass is 380 g/mol. The summed E-state index contributed by atoms with van der Waals surface area (Å²) < 4.78 is 15.0. The van der Waals surface area contributed by atoms with Crippen molar-refractivity contribution >= 4 is 23.0 Å². The SMILES string of the molecule is O=C(Nc1cccc(F)c1)c1nc(C(=O)N2CCCCCC2)c2ccccn12. The molecule has 0 saturated carbocycles. The highest BCUT2D eigenvalue weighted by molar-refractivity contribution is 6.06. The van der Waals surface area contributed by atoms with Crippen LogP contribution in [0.25, 0.3) is 5.52 Å². The van der Waals surface area contributed by atoms with E-state index in [1.807, 2.05) is 11.0 Å². The molecule has 1 N–H and O–H groups in total. The van der Waals surface area contributed by atoms with Gasteiger partial charge in [-0.2, -0.15) is 0 Å². The first-order valence-corrected chi connectivity index (χ1v) is 9.47. The molecule has 6 nitrogen and oxygen atoms in total. The van der Waals surface area contributed by atoms with Crippen LogP contribution in [0.15, 0.2) is 48.7 Å². The first kappa shape index (κ1) is 18.2. The zero-order valence-corrected chi connectivity index (χ0v) is 15.4. The zero-order chi connectivity index (χ0) is 19.5. The molecule has 1 saturated heterocycles. The van der Waals surface area contributed by atoms with E-state index in [4.69, 9.17) is 0 Å². The normalized spacial score (nSPS) is 14.7. The van der Waals surface area contributed by atoms with Gasteiger partial charge in [0.05, 0.1) is 5.52 Å². The van der Waals surface area contributed by atoms with Crippen LogP contribution >= 0.6 is 0 Å². The van der Waals surface area contributed by atoms with E-state index >= 15 is 0 Å². The Hall–Kier alpha value is -3.22. The van der Waals surface area contributed by atoms with E-state index in [0.29, 0.717) is 24.3 Å². The molecule has 0 bridgehead atoms. The number of nitrogens with zero attached hydrogens (tertiary/aromatic N) is 3. The van der Waals surface area contributed by atoms with E-state index in [-0.39, 0.29) is 17.4 Å². The van der Waals surface area contributed by atoms with Crippen molar-refractivity contribution in [3.63, 3.8) is 0 Å². The van der Waals surface area contributed by atoms with Gasteiger partial charge in [0.25, 0.3) is 11.8 Å². The number of carbonyl (C=O) groups excluding carboxylic acids is 2. The minimum atomic E-state index is -0.498. The standard InChI is InChI=1S/C21H21FN4O2/c22-15-8-7-9-16(14-15)23-20(27)19-24-18(17-10-3-6-13-26(17)19)21(28)25-11-4-1-2-5-12-25/h3,6-10,13-14H,1-2,4-5,11-12H2,(H,23,27). The van der Waals surface area contributed by atoms with Gasteiger partial charge < -0.3 is 10.2 Å². The molecule has 1 fully saturated rings. The summed E-state index contributed by atoms with van der Waals surface area (Å²) in [6.07, 6.45) is 5.89. The summed E-state index contributed by atoms with van der Waals surface area (Å²) in [4.78, 5) is 32.0. The largest absolute Gasteiger partial charge is 0.337 e. The van der Waals surface area contributed by atoms with Crippen LogP contribution in [0.5, 0.6) is 0 Å². The van der Waals surface area contributed by atoms with Crippen LogP contribution in [0.2, 0.25) is 0 Å². The van der Waals surface area contributed by atoms with E-state index in [0.717, 1.165) is 25.7 Å². The second-order valence-electron chi connectivity index (χ2n) is 6.91. The van der Waals surface area contributed by atoms with Gasteiger partial charge in [-0.3, -0.25) is 14.0 Å². The molecule has 2 amide bonds. The molecule has 2 aromatic heterocycles. The van der Waals surface area contributed by atoms with E-state index in [9.17, 15) is 14.0 Å². The molecule has 3 heterocycles. The van der Waals surface area contributed by atoms with Gasteiger partial charge in [0.2, 0.25) is 5.82 Å². The van der Waals surface area contributed by atoms with E-state index in [1.165, 1.54) is 18.2 Å². The lowest BCUT2D eigenvalue weighted by atomic mass is 10.2. The summed E-state index contributed by atoms with van der Waals surface area (Å²) >= 11 is 0. The number of rotatable bonds is 3. The van der Waals surface area contributed by atoms with Crippen LogP contribution in [0.4, 0.5) is 10.1 Å². The van der Waals surface area contributed by atoms with E-state index in [2.05, 4.69) is 10.3 Å². The summed E-state index contributed by atoms with van der Waals surface area (Å²) in [6.45, 7) is 1.41. The Balaban J connectivity index is 1.68. The van der Waals surface area contributed by atoms with Crippen LogP contribution in [-0.4, -0.2) is 39.2 Å². The Kier molecular flexibility index (Phi) is 5.06. The molecule has 0 unspecified atom stereocenters. The third-order valence-electron chi connectivity index (χ3n) is 4.93. The second-order valence-corrected chi connectivity index (χ2v) is 6.91. The van der Waals surface area contributed by atoms with Gasteiger partial charge >= 0.3 is 0 Å². The maximum atomic E-state index is 13.4. The molecule has 7 heteroatoms. The maximum absolute atomic E-state index is 13.4. The minimum absolute atomic E-state index is 0.0954. The smallest absolute Gasteiger partial charge is 0.292 e. The van der Waals surface area contributed by atoms with Crippen LogP contribution in [-0.2, 0) is 0 Å². The summed E-state index contributed by atoms with van der Waals surface area (Å²) in [7, 11) is 0. The van der Waals surface area contributed by atoms with Crippen LogP contribution < -0.4 is 5.32 Å². The second kappa shape index (κ2) is 7.80. The molecular formula is C21H21FN4O2. The number of amides is 2. The molecular weight excluding hydrogens is 359 g/mol. The third-order valence-corrected chi connectivity index (χ3v) is 4.93. The fourth-order valence-electron chi connectivity index (χ4n) is 3.53.